The summed E-state index contributed by atoms with van der Waals surface area (Å²) >= 11 is 0. The van der Waals surface area contributed by atoms with Gasteiger partial charge in [-0.15, -0.1) is 0 Å². The van der Waals surface area contributed by atoms with Gasteiger partial charge >= 0.3 is 5.97 Å². The van der Waals surface area contributed by atoms with Crippen LogP contribution in [0.15, 0.2) is 18.2 Å². The van der Waals surface area contributed by atoms with Crippen molar-refractivity contribution >= 4 is 5.97 Å². The third kappa shape index (κ3) is 2.96. The first-order valence-corrected chi connectivity index (χ1v) is 3.60. The van der Waals surface area contributed by atoms with Crippen LogP contribution in [-0.4, -0.2) is 11.1 Å². The molecule has 0 fully saturated rings. The van der Waals surface area contributed by atoms with E-state index >= 15 is 0 Å². The average Bonchev–Trinajstić information content (AvgIpc) is 1.99. The van der Waals surface area contributed by atoms with Crippen molar-refractivity contribution in [2.45, 2.75) is 6.92 Å². The molecule has 0 aliphatic rings. The van der Waals surface area contributed by atoms with E-state index in [4.69, 9.17) is 5.11 Å². The number of hydrogen-bond acceptors (Lipinski definition) is 1. The molecule has 0 aliphatic carbocycles. The van der Waals surface area contributed by atoms with Crippen LogP contribution in [0.2, 0.25) is 0 Å². The molecule has 1 aromatic carbocycles. The van der Waals surface area contributed by atoms with Gasteiger partial charge in [-0.1, -0.05) is 5.92 Å². The van der Waals surface area contributed by atoms with Crippen LogP contribution in [0.1, 0.15) is 11.1 Å². The third-order valence-corrected chi connectivity index (χ3v) is 1.36. The molecule has 2 nitrogen and oxygen atoms in total. The summed E-state index contributed by atoms with van der Waals surface area (Å²) < 4.78 is 12.7. The van der Waals surface area contributed by atoms with Gasteiger partial charge in [0.15, 0.2) is 0 Å². The fraction of sp³-hybridized carbons (Fsp3) is 0.100. The number of aliphatic carboxylic acids is 1. The second-order valence-electron chi connectivity index (χ2n) is 2.57. The normalized spacial score (nSPS) is 8.77. The largest absolute Gasteiger partial charge is 0.472 e. The van der Waals surface area contributed by atoms with Gasteiger partial charge in [0.05, 0.1) is 0 Å². The van der Waals surface area contributed by atoms with E-state index in [0.717, 1.165) is 5.56 Å². The number of carboxylic acids is 1. The van der Waals surface area contributed by atoms with Crippen LogP contribution in [0, 0.1) is 24.6 Å². The lowest BCUT2D eigenvalue weighted by atomic mass is 10.1. The lowest BCUT2D eigenvalue weighted by Gasteiger charge is -1.94. The van der Waals surface area contributed by atoms with Crippen LogP contribution in [0.5, 0.6) is 0 Å². The minimum atomic E-state index is -1.22. The van der Waals surface area contributed by atoms with Gasteiger partial charge in [-0.2, -0.15) is 0 Å². The molecule has 13 heavy (non-hydrogen) atoms. The zero-order chi connectivity index (χ0) is 9.84. The Balaban J connectivity index is 3.04. The molecule has 0 aromatic heterocycles. The summed E-state index contributed by atoms with van der Waals surface area (Å²) in [5.74, 6) is 2.62. The van der Waals surface area contributed by atoms with Crippen molar-refractivity contribution in [3.05, 3.63) is 35.1 Å². The summed E-state index contributed by atoms with van der Waals surface area (Å²) in [4.78, 5) is 10.1. The van der Waals surface area contributed by atoms with Crippen molar-refractivity contribution in [2.75, 3.05) is 0 Å². The number of benzene rings is 1. The molecule has 1 rings (SSSR count). The van der Waals surface area contributed by atoms with Crippen LogP contribution in [-0.2, 0) is 4.79 Å². The van der Waals surface area contributed by atoms with Gasteiger partial charge in [-0.3, -0.25) is 0 Å². The van der Waals surface area contributed by atoms with Crippen molar-refractivity contribution in [1.29, 1.82) is 0 Å². The van der Waals surface area contributed by atoms with Crippen LogP contribution in [0.25, 0.3) is 0 Å². The molecule has 3 heteroatoms. The lowest BCUT2D eigenvalue weighted by Crippen LogP contribution is -1.88. The van der Waals surface area contributed by atoms with Gasteiger partial charge in [0.25, 0.3) is 0 Å². The number of carboxylic acid groups (broad SMARTS) is 1. The number of rotatable bonds is 0. The molecule has 0 atom stereocenters. The maximum absolute atomic E-state index is 12.7. The Morgan fingerprint density at radius 1 is 1.46 bits per heavy atom. The maximum atomic E-state index is 12.7. The standard InChI is InChI=1S/C10H7FO2/c1-7-4-8(2-3-10(12)13)6-9(11)5-7/h4-6H,1H3,(H,12,13). The highest BCUT2D eigenvalue weighted by molar-refractivity contribution is 5.87. The highest BCUT2D eigenvalue weighted by atomic mass is 19.1. The van der Waals surface area contributed by atoms with Gasteiger partial charge in [-0.25, -0.2) is 9.18 Å². The van der Waals surface area contributed by atoms with Gasteiger partial charge < -0.3 is 5.11 Å². The summed E-state index contributed by atoms with van der Waals surface area (Å²) in [7, 11) is 0. The molecular formula is C10H7FO2. The minimum Gasteiger partial charge on any atom is -0.472 e. The van der Waals surface area contributed by atoms with E-state index in [1.807, 2.05) is 5.92 Å². The fourth-order valence-corrected chi connectivity index (χ4v) is 0.934. The van der Waals surface area contributed by atoms with Gasteiger partial charge in [0, 0.05) is 11.5 Å². The summed E-state index contributed by atoms with van der Waals surface area (Å²) in [5.41, 5.74) is 1.09. The van der Waals surface area contributed by atoms with Crippen LogP contribution in [0.3, 0.4) is 0 Å². The smallest absolute Gasteiger partial charge is 0.382 e. The Morgan fingerprint density at radius 2 is 2.15 bits per heavy atom. The number of aryl methyl sites for hydroxylation is 1. The SMILES string of the molecule is Cc1cc(F)cc(C#CC(=O)O)c1. The van der Waals surface area contributed by atoms with Crippen molar-refractivity contribution in [3.63, 3.8) is 0 Å². The van der Waals surface area contributed by atoms with E-state index in [9.17, 15) is 9.18 Å². The molecule has 1 N–H and O–H groups in total. The van der Waals surface area contributed by atoms with Crippen LogP contribution < -0.4 is 0 Å². The van der Waals surface area contributed by atoms with Gasteiger partial charge in [0.1, 0.15) is 5.82 Å². The second-order valence-corrected chi connectivity index (χ2v) is 2.57. The third-order valence-electron chi connectivity index (χ3n) is 1.36. The van der Waals surface area contributed by atoms with E-state index in [2.05, 4.69) is 5.92 Å². The van der Waals surface area contributed by atoms with Crippen LogP contribution >= 0.6 is 0 Å². The topological polar surface area (TPSA) is 37.3 Å². The predicted octanol–water partition coefficient (Wildman–Crippen LogP) is 1.57. The van der Waals surface area contributed by atoms with Gasteiger partial charge in [-0.05, 0) is 30.7 Å². The predicted molar refractivity (Wildman–Crippen MR) is 45.7 cm³/mol. The van der Waals surface area contributed by atoms with E-state index < -0.39 is 11.8 Å². The summed E-state index contributed by atoms with van der Waals surface area (Å²) in [6.45, 7) is 1.72. The monoisotopic (exact) mass is 178 g/mol. The number of halogens is 1. The van der Waals surface area contributed by atoms with E-state index in [1.54, 1.807) is 13.0 Å². The average molecular weight is 178 g/mol. The van der Waals surface area contributed by atoms with Gasteiger partial charge in [0.2, 0.25) is 0 Å². The molecule has 0 aliphatic heterocycles. The van der Waals surface area contributed by atoms with Crippen molar-refractivity contribution < 1.29 is 14.3 Å². The van der Waals surface area contributed by atoms with Crippen molar-refractivity contribution in [2.24, 2.45) is 0 Å². The summed E-state index contributed by atoms with van der Waals surface area (Å²) in [6, 6.07) is 4.17. The quantitative estimate of drug-likeness (QED) is 0.612. The molecule has 66 valence electrons. The fourth-order valence-electron chi connectivity index (χ4n) is 0.934. The Bertz CT molecular complexity index is 379. The molecule has 0 amide bonds. The van der Waals surface area contributed by atoms with Crippen molar-refractivity contribution in [3.8, 4) is 11.8 Å². The second kappa shape index (κ2) is 3.72. The molecule has 0 bridgehead atoms. The summed E-state index contributed by atoms with van der Waals surface area (Å²) in [6.07, 6.45) is 0. The maximum Gasteiger partial charge on any atom is 0.382 e. The molecule has 0 radical (unpaired) electrons. The molecular weight excluding hydrogens is 171 g/mol. The minimum absolute atomic E-state index is 0.375. The Morgan fingerprint density at radius 3 is 2.69 bits per heavy atom. The molecule has 0 saturated carbocycles. The molecule has 0 heterocycles. The van der Waals surface area contributed by atoms with E-state index in [-0.39, 0.29) is 0 Å². The van der Waals surface area contributed by atoms with E-state index in [0.29, 0.717) is 5.56 Å². The zero-order valence-corrected chi connectivity index (χ0v) is 6.97. The number of hydrogen-bond donors (Lipinski definition) is 1. The van der Waals surface area contributed by atoms with Crippen LogP contribution in [0.4, 0.5) is 4.39 Å². The van der Waals surface area contributed by atoms with Crippen molar-refractivity contribution in [1.82, 2.24) is 0 Å². The highest BCUT2D eigenvalue weighted by Gasteiger charge is 1.94. The Labute approximate surface area is 75.0 Å². The molecule has 0 unspecified atom stereocenters. The first-order chi connectivity index (χ1) is 6.08. The molecule has 0 saturated heterocycles. The first-order valence-electron chi connectivity index (χ1n) is 3.60. The zero-order valence-electron chi connectivity index (χ0n) is 6.97. The summed E-state index contributed by atoms with van der Waals surface area (Å²) in [5, 5.41) is 8.25. The Kier molecular flexibility index (Phi) is 2.65. The molecule has 1 aromatic rings. The number of carbonyl (C=O) groups is 1. The molecule has 0 spiro atoms. The highest BCUT2D eigenvalue weighted by Crippen LogP contribution is 2.06. The van der Waals surface area contributed by atoms with E-state index in [1.165, 1.54) is 12.1 Å². The first kappa shape index (κ1) is 9.27. The Hall–Kier alpha value is -1.82. The lowest BCUT2D eigenvalue weighted by molar-refractivity contribution is -0.130.